The number of rotatable bonds is 63. The lowest BCUT2D eigenvalue weighted by Gasteiger charge is -2.18. The van der Waals surface area contributed by atoms with E-state index in [1.54, 1.807) is 0 Å². The van der Waals surface area contributed by atoms with Gasteiger partial charge in [-0.15, -0.1) is 0 Å². The van der Waals surface area contributed by atoms with Crippen LogP contribution >= 0.6 is 0 Å². The molecular formula is C77H130O6. The molecule has 0 aliphatic carbocycles. The summed E-state index contributed by atoms with van der Waals surface area (Å²) >= 11 is 0. The van der Waals surface area contributed by atoms with Crippen molar-refractivity contribution in [1.29, 1.82) is 0 Å². The van der Waals surface area contributed by atoms with Crippen LogP contribution in [0.25, 0.3) is 0 Å². The average Bonchev–Trinajstić information content (AvgIpc) is 3.49. The summed E-state index contributed by atoms with van der Waals surface area (Å²) in [7, 11) is 0. The molecule has 0 aromatic carbocycles. The van der Waals surface area contributed by atoms with E-state index in [9.17, 15) is 14.4 Å². The summed E-state index contributed by atoms with van der Waals surface area (Å²) in [6, 6.07) is 0. The van der Waals surface area contributed by atoms with Gasteiger partial charge in [0.25, 0.3) is 0 Å². The number of carbonyl (C=O) groups is 3. The van der Waals surface area contributed by atoms with Gasteiger partial charge < -0.3 is 14.2 Å². The number of hydrogen-bond acceptors (Lipinski definition) is 6. The van der Waals surface area contributed by atoms with E-state index >= 15 is 0 Å². The van der Waals surface area contributed by atoms with Gasteiger partial charge in [-0.05, 0) is 109 Å². The van der Waals surface area contributed by atoms with Crippen molar-refractivity contribution in [1.82, 2.24) is 0 Å². The molecule has 0 bridgehead atoms. The molecule has 0 radical (unpaired) electrons. The fourth-order valence-corrected chi connectivity index (χ4v) is 9.79. The molecule has 1 unspecified atom stereocenters. The van der Waals surface area contributed by atoms with Gasteiger partial charge in [-0.3, -0.25) is 14.4 Å². The van der Waals surface area contributed by atoms with Crippen molar-refractivity contribution in [2.45, 2.75) is 335 Å². The van der Waals surface area contributed by atoms with Gasteiger partial charge in [0, 0.05) is 19.3 Å². The number of allylic oxidation sites excluding steroid dienone is 20. The molecule has 1 atom stereocenters. The summed E-state index contributed by atoms with van der Waals surface area (Å²) in [4.78, 5) is 38.4. The molecule has 0 aliphatic heterocycles. The molecule has 0 saturated carbocycles. The van der Waals surface area contributed by atoms with Crippen molar-refractivity contribution in [3.05, 3.63) is 122 Å². The number of unbranched alkanes of at least 4 members (excludes halogenated alkanes) is 32. The Kier molecular flexibility index (Phi) is 66.7. The quantitative estimate of drug-likeness (QED) is 0.0261. The Morgan fingerprint density at radius 3 is 0.735 bits per heavy atom. The van der Waals surface area contributed by atoms with E-state index in [-0.39, 0.29) is 31.1 Å². The lowest BCUT2D eigenvalue weighted by atomic mass is 10.0. The number of ether oxygens (including phenoxy) is 3. The Hall–Kier alpha value is -4.19. The summed E-state index contributed by atoms with van der Waals surface area (Å²) in [6.07, 6.45) is 97.9. The fourth-order valence-electron chi connectivity index (χ4n) is 9.79. The van der Waals surface area contributed by atoms with Crippen LogP contribution in [0.4, 0.5) is 0 Å². The maximum atomic E-state index is 13.0. The van der Waals surface area contributed by atoms with Crippen LogP contribution in [-0.4, -0.2) is 37.2 Å². The van der Waals surface area contributed by atoms with Gasteiger partial charge in [-0.1, -0.05) is 322 Å². The molecule has 83 heavy (non-hydrogen) atoms. The third-order valence-electron chi connectivity index (χ3n) is 15.0. The first kappa shape index (κ1) is 78.8. The normalized spacial score (nSPS) is 12.9. The molecule has 0 aromatic heterocycles. The molecule has 6 nitrogen and oxygen atoms in total. The van der Waals surface area contributed by atoms with Gasteiger partial charge in [0.15, 0.2) is 6.10 Å². The van der Waals surface area contributed by atoms with Crippen LogP contribution in [0.2, 0.25) is 0 Å². The van der Waals surface area contributed by atoms with E-state index in [1.807, 2.05) is 0 Å². The van der Waals surface area contributed by atoms with E-state index in [4.69, 9.17) is 14.2 Å². The molecule has 0 N–H and O–H groups in total. The predicted octanol–water partition coefficient (Wildman–Crippen LogP) is 24.3. The number of esters is 3. The average molecular weight is 1150 g/mol. The Labute approximate surface area is 513 Å². The zero-order chi connectivity index (χ0) is 59.9. The predicted molar refractivity (Wildman–Crippen MR) is 362 cm³/mol. The molecule has 0 rings (SSSR count). The fraction of sp³-hybridized carbons (Fsp3) is 0.701. The summed E-state index contributed by atoms with van der Waals surface area (Å²) in [5.41, 5.74) is 0. The van der Waals surface area contributed by atoms with Crippen LogP contribution in [0.5, 0.6) is 0 Å². The van der Waals surface area contributed by atoms with E-state index in [0.29, 0.717) is 19.3 Å². The monoisotopic (exact) mass is 1150 g/mol. The Morgan fingerprint density at radius 1 is 0.253 bits per heavy atom. The molecule has 0 spiro atoms. The third kappa shape index (κ3) is 68.5. The molecule has 0 aliphatic rings. The minimum atomic E-state index is -0.789. The highest BCUT2D eigenvalue weighted by Gasteiger charge is 2.19. The van der Waals surface area contributed by atoms with Gasteiger partial charge in [0.05, 0.1) is 0 Å². The molecule has 6 heteroatoms. The topological polar surface area (TPSA) is 78.9 Å². The van der Waals surface area contributed by atoms with Gasteiger partial charge in [-0.2, -0.15) is 0 Å². The highest BCUT2D eigenvalue weighted by Crippen LogP contribution is 2.17. The summed E-state index contributed by atoms with van der Waals surface area (Å²) < 4.78 is 17.0. The lowest BCUT2D eigenvalue weighted by Crippen LogP contribution is -2.30. The smallest absolute Gasteiger partial charge is 0.306 e. The van der Waals surface area contributed by atoms with Gasteiger partial charge in [0.2, 0.25) is 0 Å². The van der Waals surface area contributed by atoms with E-state index < -0.39 is 6.10 Å². The zero-order valence-electron chi connectivity index (χ0n) is 54.4. The molecular weight excluding hydrogens is 1020 g/mol. The van der Waals surface area contributed by atoms with Crippen LogP contribution in [0.3, 0.4) is 0 Å². The number of hydrogen-bond donors (Lipinski definition) is 0. The summed E-state index contributed by atoms with van der Waals surface area (Å²) in [5, 5.41) is 0. The first-order valence-electron chi connectivity index (χ1n) is 35.0. The van der Waals surface area contributed by atoms with E-state index in [1.165, 1.54) is 154 Å². The summed E-state index contributed by atoms with van der Waals surface area (Å²) in [5.74, 6) is -0.885. The van der Waals surface area contributed by atoms with Gasteiger partial charge in [0.1, 0.15) is 13.2 Å². The van der Waals surface area contributed by atoms with Crippen LogP contribution in [-0.2, 0) is 28.6 Å². The van der Waals surface area contributed by atoms with E-state index in [2.05, 4.69) is 142 Å². The van der Waals surface area contributed by atoms with Crippen LogP contribution in [0.1, 0.15) is 329 Å². The summed E-state index contributed by atoms with van der Waals surface area (Å²) in [6.45, 7) is 6.43. The minimum Gasteiger partial charge on any atom is -0.462 e. The van der Waals surface area contributed by atoms with E-state index in [0.717, 1.165) is 135 Å². The highest BCUT2D eigenvalue weighted by molar-refractivity contribution is 5.71. The molecule has 0 fully saturated rings. The van der Waals surface area contributed by atoms with Crippen molar-refractivity contribution in [3.8, 4) is 0 Å². The second-order valence-corrected chi connectivity index (χ2v) is 23.0. The van der Waals surface area contributed by atoms with Crippen LogP contribution in [0.15, 0.2) is 122 Å². The molecule has 0 amide bonds. The maximum absolute atomic E-state index is 13.0. The Bertz CT molecular complexity index is 1700. The molecule has 0 saturated heterocycles. The minimum absolute atomic E-state index is 0.0825. The first-order valence-corrected chi connectivity index (χ1v) is 35.0. The van der Waals surface area contributed by atoms with Crippen molar-refractivity contribution < 1.29 is 28.6 Å². The largest absolute Gasteiger partial charge is 0.462 e. The van der Waals surface area contributed by atoms with Crippen molar-refractivity contribution in [3.63, 3.8) is 0 Å². The Morgan fingerprint density at radius 2 is 0.470 bits per heavy atom. The molecule has 474 valence electrons. The third-order valence-corrected chi connectivity index (χ3v) is 15.0. The van der Waals surface area contributed by atoms with Crippen LogP contribution < -0.4 is 0 Å². The van der Waals surface area contributed by atoms with Gasteiger partial charge >= 0.3 is 17.9 Å². The SMILES string of the molecule is CC/C=C\C/C=C\C/C=C\C/C=C\C/C=C\C/C=C\CCCCCCCCC(=O)OC(COC(=O)CCCCCCCCCCCCCCC)COC(=O)CCCCCCCCCCCCCCCC/C=C\C/C=C\C/C=C\C/C=C\CC. The van der Waals surface area contributed by atoms with Crippen molar-refractivity contribution in [2.75, 3.05) is 13.2 Å². The standard InChI is InChI=1S/C77H130O6/c1-4-7-10-13-16-19-22-25-27-29-31-33-35-37-38-40-41-43-45-47-49-52-55-58-61-64-67-70-76(79)82-73-74(72-81-75(78)69-66-63-60-57-54-51-24-21-18-15-12-9-6-3)83-77(80)71-68-65-62-59-56-53-50-48-46-44-42-39-36-34-32-30-28-26-23-20-17-14-11-8-5-2/h7-8,10-11,16-17,19-20,25-28,31-34,39,42,46,48,74H,4-6,9,12-15,18,21-24,29-30,35-38,40-41,43-45,47,49-73H2,1-3H3/b10-7-,11-8-,19-16-,20-17-,27-25-,28-26-,33-31-,34-32-,42-39-,48-46-. The van der Waals surface area contributed by atoms with Crippen LogP contribution in [0, 0.1) is 0 Å². The number of carbonyl (C=O) groups excluding carboxylic acids is 3. The van der Waals surface area contributed by atoms with Crippen molar-refractivity contribution in [2.24, 2.45) is 0 Å². The van der Waals surface area contributed by atoms with Crippen molar-refractivity contribution >= 4 is 17.9 Å². The molecule has 0 heterocycles. The maximum Gasteiger partial charge on any atom is 0.306 e. The zero-order valence-corrected chi connectivity index (χ0v) is 54.4. The highest BCUT2D eigenvalue weighted by atomic mass is 16.6. The first-order chi connectivity index (χ1) is 41.0. The molecule has 0 aromatic rings. The second kappa shape index (κ2) is 70.3. The Balaban J connectivity index is 4.32. The lowest BCUT2D eigenvalue weighted by molar-refractivity contribution is -0.167. The second-order valence-electron chi connectivity index (χ2n) is 23.0. The van der Waals surface area contributed by atoms with Gasteiger partial charge in [-0.25, -0.2) is 0 Å².